The van der Waals surface area contributed by atoms with Crippen LogP contribution in [-0.2, 0) is 10.0 Å². The Morgan fingerprint density at radius 1 is 1.12 bits per heavy atom. The summed E-state index contributed by atoms with van der Waals surface area (Å²) in [7, 11) is -3.69. The molecular weight excluding hydrogens is 375 g/mol. The number of nitrogens with two attached hydrogens (primary N) is 1. The summed E-state index contributed by atoms with van der Waals surface area (Å²) < 4.78 is 41.4. The molecule has 2 N–H and O–H groups in total. The molecule has 0 saturated carbocycles. The molecule has 1 heterocycles. The van der Waals surface area contributed by atoms with Gasteiger partial charge in [0, 0.05) is 19.0 Å². The van der Waals surface area contributed by atoms with Gasteiger partial charge >= 0.3 is 0 Å². The van der Waals surface area contributed by atoms with Gasteiger partial charge in [0.05, 0.1) is 4.90 Å². The molecule has 2 aromatic carbocycles. The van der Waals surface area contributed by atoms with Crippen molar-refractivity contribution in [2.45, 2.75) is 24.7 Å². The number of rotatable bonds is 4. The second-order valence-corrected chi connectivity index (χ2v) is 8.58. The van der Waals surface area contributed by atoms with E-state index in [1.807, 2.05) is 30.3 Å². The smallest absolute Gasteiger partial charge is 0.243 e. The first-order chi connectivity index (χ1) is 11.8. The lowest BCUT2D eigenvalue weighted by atomic mass is 9.89. The Hall–Kier alpha value is -1.47. The largest absolute Gasteiger partial charge is 0.330 e. The molecule has 1 fully saturated rings. The molecule has 2 atom stereocenters. The van der Waals surface area contributed by atoms with Crippen molar-refractivity contribution in [3.05, 3.63) is 65.0 Å². The Morgan fingerprint density at radius 2 is 1.69 bits per heavy atom. The van der Waals surface area contributed by atoms with Gasteiger partial charge < -0.3 is 5.73 Å². The maximum Gasteiger partial charge on any atom is 0.243 e. The summed E-state index contributed by atoms with van der Waals surface area (Å²) in [5, 5.41) is 0. The van der Waals surface area contributed by atoms with Crippen molar-refractivity contribution in [2.24, 2.45) is 11.7 Å². The second-order valence-electron chi connectivity index (χ2n) is 6.70. The van der Waals surface area contributed by atoms with Gasteiger partial charge in [0.1, 0.15) is 5.82 Å². The molecule has 7 heteroatoms. The Balaban J connectivity index is 0.00000243. The van der Waals surface area contributed by atoms with Crippen molar-refractivity contribution in [3.8, 4) is 0 Å². The van der Waals surface area contributed by atoms with Gasteiger partial charge in [0.2, 0.25) is 10.0 Å². The van der Waals surface area contributed by atoms with Crippen molar-refractivity contribution in [2.75, 3.05) is 19.6 Å². The summed E-state index contributed by atoms with van der Waals surface area (Å²) in [4.78, 5) is 0.207. The predicted octanol–water partition coefficient (Wildman–Crippen LogP) is 3.23. The summed E-state index contributed by atoms with van der Waals surface area (Å²) in [5.74, 6) is -0.280. The van der Waals surface area contributed by atoms with Gasteiger partial charge in [0.15, 0.2) is 0 Å². The van der Waals surface area contributed by atoms with Crippen LogP contribution in [0, 0.1) is 25.6 Å². The highest BCUT2D eigenvalue weighted by molar-refractivity contribution is 7.89. The minimum Gasteiger partial charge on any atom is -0.330 e. The zero-order valence-corrected chi connectivity index (χ0v) is 16.5. The highest BCUT2D eigenvalue weighted by atomic mass is 35.5. The Labute approximate surface area is 160 Å². The molecule has 2 aromatic rings. The fraction of sp³-hybridized carbons (Fsp3) is 0.368. The average molecular weight is 399 g/mol. The Bertz CT molecular complexity index is 851. The van der Waals surface area contributed by atoms with E-state index in [2.05, 4.69) is 0 Å². The van der Waals surface area contributed by atoms with Crippen molar-refractivity contribution in [1.29, 1.82) is 0 Å². The van der Waals surface area contributed by atoms with Gasteiger partial charge in [-0.3, -0.25) is 0 Å². The molecule has 4 nitrogen and oxygen atoms in total. The van der Waals surface area contributed by atoms with Gasteiger partial charge in [-0.15, -0.1) is 12.4 Å². The van der Waals surface area contributed by atoms with Gasteiger partial charge in [-0.05, 0) is 55.1 Å². The van der Waals surface area contributed by atoms with E-state index < -0.39 is 15.8 Å². The molecule has 1 saturated heterocycles. The summed E-state index contributed by atoms with van der Waals surface area (Å²) in [6.45, 7) is 4.47. The quantitative estimate of drug-likeness (QED) is 0.859. The molecule has 0 radical (unpaired) electrons. The molecule has 0 amide bonds. The minimum absolute atomic E-state index is 0. The molecule has 0 aliphatic carbocycles. The third-order valence-electron chi connectivity index (χ3n) is 4.96. The average Bonchev–Trinajstić information content (AvgIpc) is 2.99. The normalized spacial score (nSPS) is 20.8. The van der Waals surface area contributed by atoms with Gasteiger partial charge in [0.25, 0.3) is 0 Å². The fourth-order valence-corrected chi connectivity index (χ4v) is 5.71. The zero-order chi connectivity index (χ0) is 18.2. The molecule has 0 bridgehead atoms. The van der Waals surface area contributed by atoms with Crippen LogP contribution < -0.4 is 5.73 Å². The van der Waals surface area contributed by atoms with Crippen LogP contribution >= 0.6 is 12.4 Å². The predicted molar refractivity (Wildman–Crippen MR) is 104 cm³/mol. The first kappa shape index (κ1) is 20.8. The third-order valence-corrected chi connectivity index (χ3v) is 7.10. The molecular formula is C19H24ClFN2O2S. The number of nitrogens with zero attached hydrogens (tertiary/aromatic N) is 1. The summed E-state index contributed by atoms with van der Waals surface area (Å²) in [6, 6.07) is 12.4. The molecule has 1 aliphatic rings. The zero-order valence-electron chi connectivity index (χ0n) is 14.9. The molecule has 3 rings (SSSR count). The van der Waals surface area contributed by atoms with Crippen molar-refractivity contribution in [1.82, 2.24) is 4.31 Å². The molecule has 1 aliphatic heterocycles. The van der Waals surface area contributed by atoms with E-state index in [1.54, 1.807) is 13.8 Å². The number of sulfonamides is 1. The maximum absolute atomic E-state index is 13.5. The molecule has 0 spiro atoms. The second kappa shape index (κ2) is 8.05. The standard InChI is InChI=1S/C19H23FN2O2S.ClH/c1-13-8-17(20)9-14(2)19(13)25(23,24)22-11-16(10-21)18(12-22)15-6-4-3-5-7-15;/h3-9,16,18H,10-12,21H2,1-2H3;1H/t16-,18+;/m1./s1. The lowest BCUT2D eigenvalue weighted by molar-refractivity contribution is 0.458. The Kier molecular flexibility index (Phi) is 6.45. The van der Waals surface area contributed by atoms with Crippen LogP contribution in [0.15, 0.2) is 47.4 Å². The van der Waals surface area contributed by atoms with Crippen LogP contribution in [0.4, 0.5) is 4.39 Å². The highest BCUT2D eigenvalue weighted by Gasteiger charge is 2.40. The van der Waals surface area contributed by atoms with Crippen LogP contribution in [-0.4, -0.2) is 32.4 Å². The molecule has 142 valence electrons. The van der Waals surface area contributed by atoms with Crippen LogP contribution in [0.2, 0.25) is 0 Å². The van der Waals surface area contributed by atoms with E-state index in [1.165, 1.54) is 16.4 Å². The maximum atomic E-state index is 13.5. The van der Waals surface area contributed by atoms with Crippen LogP contribution in [0.3, 0.4) is 0 Å². The van der Waals surface area contributed by atoms with E-state index in [0.717, 1.165) is 5.56 Å². The highest BCUT2D eigenvalue weighted by Crippen LogP contribution is 2.36. The Morgan fingerprint density at radius 3 is 2.23 bits per heavy atom. The lowest BCUT2D eigenvalue weighted by Crippen LogP contribution is -2.31. The first-order valence-corrected chi connectivity index (χ1v) is 9.80. The monoisotopic (exact) mass is 398 g/mol. The molecule has 26 heavy (non-hydrogen) atoms. The third kappa shape index (κ3) is 3.78. The van der Waals surface area contributed by atoms with Crippen molar-refractivity contribution >= 4 is 22.4 Å². The summed E-state index contributed by atoms with van der Waals surface area (Å²) >= 11 is 0. The van der Waals surface area contributed by atoms with Gasteiger partial charge in [-0.2, -0.15) is 4.31 Å². The minimum atomic E-state index is -3.69. The number of aryl methyl sites for hydroxylation is 2. The van der Waals surface area contributed by atoms with E-state index in [0.29, 0.717) is 30.8 Å². The van der Waals surface area contributed by atoms with Gasteiger partial charge in [-0.25, -0.2) is 12.8 Å². The van der Waals surface area contributed by atoms with Crippen LogP contribution in [0.5, 0.6) is 0 Å². The lowest BCUT2D eigenvalue weighted by Gasteiger charge is -2.20. The SMILES string of the molecule is Cc1cc(F)cc(C)c1S(=O)(=O)N1C[C@@H](CN)[C@H](c2ccccc2)C1.Cl. The van der Waals surface area contributed by atoms with E-state index in [4.69, 9.17) is 5.73 Å². The topological polar surface area (TPSA) is 63.4 Å². The van der Waals surface area contributed by atoms with Gasteiger partial charge in [-0.1, -0.05) is 30.3 Å². The summed E-state index contributed by atoms with van der Waals surface area (Å²) in [6.07, 6.45) is 0. The van der Waals surface area contributed by atoms with Crippen LogP contribution in [0.25, 0.3) is 0 Å². The van der Waals surface area contributed by atoms with E-state index in [-0.39, 0.29) is 29.1 Å². The number of benzene rings is 2. The van der Waals surface area contributed by atoms with Crippen LogP contribution in [0.1, 0.15) is 22.6 Å². The van der Waals surface area contributed by atoms with Crippen molar-refractivity contribution in [3.63, 3.8) is 0 Å². The fourth-order valence-electron chi connectivity index (χ4n) is 3.78. The first-order valence-electron chi connectivity index (χ1n) is 8.36. The van der Waals surface area contributed by atoms with E-state index >= 15 is 0 Å². The number of hydrogen-bond donors (Lipinski definition) is 1. The number of halogens is 2. The summed E-state index contributed by atoms with van der Waals surface area (Å²) in [5.41, 5.74) is 7.88. The molecule has 0 aromatic heterocycles. The molecule has 0 unspecified atom stereocenters. The number of hydrogen-bond acceptors (Lipinski definition) is 3. The van der Waals surface area contributed by atoms with Crippen molar-refractivity contribution < 1.29 is 12.8 Å². The van der Waals surface area contributed by atoms with E-state index in [9.17, 15) is 12.8 Å².